The summed E-state index contributed by atoms with van der Waals surface area (Å²) in [5.74, 6) is 2.25. The summed E-state index contributed by atoms with van der Waals surface area (Å²) in [4.78, 5) is 25.4. The Morgan fingerprint density at radius 1 is 1.13 bits per heavy atom. The van der Waals surface area contributed by atoms with Gasteiger partial charge in [0.15, 0.2) is 5.69 Å². The molecule has 6 rings (SSSR count). The number of rotatable bonds is 7. The van der Waals surface area contributed by atoms with Crippen LogP contribution in [-0.4, -0.2) is 48.2 Å². The lowest BCUT2D eigenvalue weighted by molar-refractivity contribution is -0.0503. The van der Waals surface area contributed by atoms with Crippen LogP contribution in [0.4, 0.5) is 0 Å². The van der Waals surface area contributed by atoms with Crippen LogP contribution in [0.15, 0.2) is 24.4 Å². The van der Waals surface area contributed by atoms with Gasteiger partial charge in [-0.05, 0) is 79.9 Å². The number of hydrogen-bond acceptors (Lipinski definition) is 4. The molecule has 4 saturated carbocycles. The van der Waals surface area contributed by atoms with Gasteiger partial charge < -0.3 is 15.4 Å². The van der Waals surface area contributed by atoms with Crippen LogP contribution in [0.2, 0.25) is 0 Å². The highest BCUT2D eigenvalue weighted by Gasteiger charge is 2.50. The number of carbonyl (C=O) groups is 2. The molecule has 2 aromatic heterocycles. The van der Waals surface area contributed by atoms with Gasteiger partial charge in [-0.1, -0.05) is 0 Å². The van der Waals surface area contributed by atoms with Crippen molar-refractivity contribution in [1.82, 2.24) is 20.2 Å². The summed E-state index contributed by atoms with van der Waals surface area (Å²) in [6.45, 7) is 1.62. The third-order valence-corrected chi connectivity index (χ3v) is 7.36. The Labute approximate surface area is 176 Å². The van der Waals surface area contributed by atoms with Crippen molar-refractivity contribution < 1.29 is 14.3 Å². The Morgan fingerprint density at radius 3 is 2.50 bits per heavy atom. The number of fused-ring (bicyclic) bond motifs is 1. The van der Waals surface area contributed by atoms with Crippen LogP contribution in [0, 0.1) is 23.2 Å². The first-order valence-electron chi connectivity index (χ1n) is 11.1. The Kier molecular flexibility index (Phi) is 5.01. The number of ether oxygens (including phenoxy) is 1. The number of nitrogens with one attached hydrogen (secondary N) is 2. The molecule has 0 spiro atoms. The Hall–Kier alpha value is -2.41. The van der Waals surface area contributed by atoms with Crippen LogP contribution in [0.25, 0.3) is 5.52 Å². The maximum atomic E-state index is 13.1. The number of pyridine rings is 1. The maximum absolute atomic E-state index is 13.1. The Morgan fingerprint density at radius 2 is 1.83 bits per heavy atom. The van der Waals surface area contributed by atoms with Crippen molar-refractivity contribution in [2.75, 3.05) is 26.8 Å². The van der Waals surface area contributed by atoms with Gasteiger partial charge in [-0.25, -0.2) is 4.52 Å². The van der Waals surface area contributed by atoms with Gasteiger partial charge in [-0.3, -0.25) is 9.59 Å². The molecular formula is C23H30N4O3. The second-order valence-electron chi connectivity index (χ2n) is 9.63. The molecule has 2 N–H and O–H groups in total. The predicted octanol–water partition coefficient (Wildman–Crippen LogP) is 2.66. The van der Waals surface area contributed by atoms with Crippen LogP contribution < -0.4 is 10.6 Å². The van der Waals surface area contributed by atoms with Crippen molar-refractivity contribution in [2.24, 2.45) is 23.2 Å². The molecule has 4 aliphatic rings. The van der Waals surface area contributed by atoms with Crippen molar-refractivity contribution >= 4 is 17.3 Å². The first-order chi connectivity index (χ1) is 14.5. The largest absolute Gasteiger partial charge is 0.383 e. The molecule has 0 saturated heterocycles. The average molecular weight is 411 g/mol. The van der Waals surface area contributed by atoms with Crippen molar-refractivity contribution in [3.8, 4) is 0 Å². The molecule has 4 aliphatic carbocycles. The third-order valence-electron chi connectivity index (χ3n) is 7.36. The van der Waals surface area contributed by atoms with Crippen LogP contribution in [0.1, 0.15) is 59.4 Å². The summed E-state index contributed by atoms with van der Waals surface area (Å²) in [6.07, 6.45) is 9.76. The zero-order valence-corrected chi connectivity index (χ0v) is 17.5. The van der Waals surface area contributed by atoms with E-state index in [4.69, 9.17) is 4.74 Å². The van der Waals surface area contributed by atoms with E-state index in [1.54, 1.807) is 36.0 Å². The molecule has 0 aromatic carbocycles. The minimum atomic E-state index is -0.268. The zero-order chi connectivity index (χ0) is 20.7. The highest BCUT2D eigenvalue weighted by atomic mass is 16.5. The minimum absolute atomic E-state index is 0.0809. The maximum Gasteiger partial charge on any atom is 0.271 e. The number of hydrogen-bond donors (Lipinski definition) is 2. The molecular weight excluding hydrogens is 380 g/mol. The lowest BCUT2D eigenvalue weighted by Crippen LogP contribution is -2.51. The Balaban J connectivity index is 1.30. The van der Waals surface area contributed by atoms with E-state index in [1.807, 2.05) is 0 Å². The van der Waals surface area contributed by atoms with Crippen molar-refractivity contribution in [3.63, 3.8) is 0 Å². The molecule has 0 radical (unpaired) electrons. The van der Waals surface area contributed by atoms with Gasteiger partial charge >= 0.3 is 0 Å². The molecule has 160 valence electrons. The first-order valence-corrected chi connectivity index (χ1v) is 11.1. The molecule has 2 heterocycles. The number of methoxy groups -OCH3 is 1. The van der Waals surface area contributed by atoms with Gasteiger partial charge in [0.05, 0.1) is 17.7 Å². The van der Waals surface area contributed by atoms with Gasteiger partial charge in [-0.2, -0.15) is 5.10 Å². The zero-order valence-electron chi connectivity index (χ0n) is 17.5. The summed E-state index contributed by atoms with van der Waals surface area (Å²) in [5, 5.41) is 10.3. The fourth-order valence-corrected chi connectivity index (χ4v) is 6.55. The monoisotopic (exact) mass is 410 g/mol. The smallest absolute Gasteiger partial charge is 0.271 e. The molecule has 2 aromatic rings. The van der Waals surface area contributed by atoms with E-state index in [2.05, 4.69) is 15.7 Å². The standard InChI is InChI=1S/C23H30N4O3/c1-30-6-4-24-22(29)19-10-20-18(3-2-5-27(20)26-19)21(28)25-14-23-11-15-7-16(12-23)9-17(8-15)13-23/h2-3,5,10,15-17H,4,6-9,11-14H2,1H3,(H,24,29)(H,25,28). The lowest BCUT2D eigenvalue weighted by atomic mass is 9.49. The molecule has 30 heavy (non-hydrogen) atoms. The second-order valence-corrected chi connectivity index (χ2v) is 9.63. The summed E-state index contributed by atoms with van der Waals surface area (Å²) < 4.78 is 6.56. The Bertz CT molecular complexity index is 931. The van der Waals surface area contributed by atoms with Crippen LogP contribution >= 0.6 is 0 Å². The third kappa shape index (κ3) is 3.60. The van der Waals surface area contributed by atoms with Crippen LogP contribution in [0.3, 0.4) is 0 Å². The number of carbonyl (C=O) groups excluding carboxylic acids is 2. The van der Waals surface area contributed by atoms with E-state index in [1.165, 1.54) is 38.5 Å². The number of amides is 2. The van der Waals surface area contributed by atoms with E-state index in [9.17, 15) is 9.59 Å². The molecule has 0 unspecified atom stereocenters. The number of aromatic nitrogens is 2. The van der Waals surface area contributed by atoms with E-state index in [0.717, 1.165) is 24.3 Å². The van der Waals surface area contributed by atoms with Gasteiger partial charge in [-0.15, -0.1) is 0 Å². The van der Waals surface area contributed by atoms with Gasteiger partial charge in [0.2, 0.25) is 0 Å². The van der Waals surface area contributed by atoms with Crippen LogP contribution in [0.5, 0.6) is 0 Å². The van der Waals surface area contributed by atoms with E-state index >= 15 is 0 Å². The topological polar surface area (TPSA) is 84.7 Å². The molecule has 4 fully saturated rings. The number of nitrogens with zero attached hydrogens (tertiary/aromatic N) is 2. The van der Waals surface area contributed by atoms with E-state index < -0.39 is 0 Å². The fraction of sp³-hybridized carbons (Fsp3) is 0.609. The molecule has 0 atom stereocenters. The molecule has 7 nitrogen and oxygen atoms in total. The SMILES string of the molecule is COCCNC(=O)c1cc2c(C(=O)NCC34CC5CC(CC(C5)C3)C4)cccn2n1. The first kappa shape index (κ1) is 19.5. The van der Waals surface area contributed by atoms with Gasteiger partial charge in [0.1, 0.15) is 0 Å². The minimum Gasteiger partial charge on any atom is -0.383 e. The molecule has 0 aliphatic heterocycles. The van der Waals surface area contributed by atoms with Crippen molar-refractivity contribution in [3.05, 3.63) is 35.7 Å². The predicted molar refractivity (Wildman–Crippen MR) is 112 cm³/mol. The summed E-state index contributed by atoms with van der Waals surface area (Å²) in [7, 11) is 1.59. The fourth-order valence-electron chi connectivity index (χ4n) is 6.55. The average Bonchev–Trinajstić information content (AvgIpc) is 3.16. The molecule has 2 amide bonds. The van der Waals surface area contributed by atoms with E-state index in [0.29, 0.717) is 35.3 Å². The van der Waals surface area contributed by atoms with Crippen molar-refractivity contribution in [2.45, 2.75) is 38.5 Å². The van der Waals surface area contributed by atoms with Crippen LogP contribution in [-0.2, 0) is 4.74 Å². The molecule has 4 bridgehead atoms. The normalized spacial score (nSPS) is 29.3. The highest BCUT2D eigenvalue weighted by Crippen LogP contribution is 2.59. The lowest BCUT2D eigenvalue weighted by Gasteiger charge is -2.56. The summed E-state index contributed by atoms with van der Waals surface area (Å²) >= 11 is 0. The van der Waals surface area contributed by atoms with Gasteiger partial charge in [0.25, 0.3) is 11.8 Å². The van der Waals surface area contributed by atoms with Crippen molar-refractivity contribution in [1.29, 1.82) is 0 Å². The van der Waals surface area contributed by atoms with E-state index in [-0.39, 0.29) is 11.8 Å². The second kappa shape index (κ2) is 7.69. The summed E-state index contributed by atoms with van der Waals surface area (Å²) in [5.41, 5.74) is 1.80. The quantitative estimate of drug-likeness (QED) is 0.688. The van der Waals surface area contributed by atoms with Gasteiger partial charge in [0, 0.05) is 26.4 Å². The highest BCUT2D eigenvalue weighted by molar-refractivity contribution is 6.02. The molecule has 7 heteroatoms. The summed E-state index contributed by atoms with van der Waals surface area (Å²) in [6, 6.07) is 5.28.